The number of ether oxygens (including phenoxy) is 1. The molecule has 0 N–H and O–H groups in total. The maximum Gasteiger partial charge on any atom is 0.138 e. The van der Waals surface area contributed by atoms with E-state index in [-0.39, 0.29) is 5.41 Å². The SMILES string of the molecule is CCCCCC12CCC(c3ccc(CCc4ccc(OCCCC)c(C#N)c4C#N)c(Cl)c3Cl)(CC1)CC2. The summed E-state index contributed by atoms with van der Waals surface area (Å²) in [7, 11) is 0. The van der Waals surface area contributed by atoms with Gasteiger partial charge in [0.05, 0.1) is 22.2 Å². The van der Waals surface area contributed by atoms with E-state index >= 15 is 0 Å². The van der Waals surface area contributed by atoms with Crippen LogP contribution in [0.25, 0.3) is 0 Å². The first-order valence-electron chi connectivity index (χ1n) is 14.5. The Morgan fingerprint density at radius 2 is 1.39 bits per heavy atom. The van der Waals surface area contributed by atoms with Crippen LogP contribution in [0.3, 0.4) is 0 Å². The zero-order valence-corrected chi connectivity index (χ0v) is 24.5. The van der Waals surface area contributed by atoms with Crippen molar-refractivity contribution in [3.63, 3.8) is 0 Å². The summed E-state index contributed by atoms with van der Waals surface area (Å²) in [5.74, 6) is 0.486. The van der Waals surface area contributed by atoms with Gasteiger partial charge in [0, 0.05) is 0 Å². The largest absolute Gasteiger partial charge is 0.492 e. The van der Waals surface area contributed by atoms with Gasteiger partial charge in [-0.05, 0) is 97.8 Å². The Morgan fingerprint density at radius 1 is 0.763 bits per heavy atom. The maximum atomic E-state index is 9.84. The first-order chi connectivity index (χ1) is 18.4. The van der Waals surface area contributed by atoms with Crippen LogP contribution in [0, 0.1) is 28.1 Å². The van der Waals surface area contributed by atoms with Crippen molar-refractivity contribution in [3.8, 4) is 17.9 Å². The van der Waals surface area contributed by atoms with Gasteiger partial charge in [0.1, 0.15) is 23.5 Å². The lowest BCUT2D eigenvalue weighted by Gasteiger charge is -2.54. The van der Waals surface area contributed by atoms with Gasteiger partial charge >= 0.3 is 0 Å². The van der Waals surface area contributed by atoms with E-state index in [1.165, 1.54) is 69.8 Å². The van der Waals surface area contributed by atoms with Crippen LogP contribution in [0.15, 0.2) is 24.3 Å². The van der Waals surface area contributed by atoms with Gasteiger partial charge in [-0.15, -0.1) is 0 Å². The minimum Gasteiger partial charge on any atom is -0.492 e. The Labute approximate surface area is 239 Å². The zero-order valence-electron chi connectivity index (χ0n) is 23.0. The highest BCUT2D eigenvalue weighted by Crippen LogP contribution is 2.60. The summed E-state index contributed by atoms with van der Waals surface area (Å²) in [6, 6.07) is 12.5. The lowest BCUT2D eigenvalue weighted by Crippen LogP contribution is -2.44. The number of fused-ring (bicyclic) bond motifs is 3. The van der Waals surface area contributed by atoms with Crippen molar-refractivity contribution in [1.29, 1.82) is 10.5 Å². The molecule has 0 unspecified atom stereocenters. The highest BCUT2D eigenvalue weighted by Gasteiger charge is 2.49. The number of rotatable bonds is 12. The zero-order chi connectivity index (χ0) is 27.2. The molecule has 0 spiro atoms. The van der Waals surface area contributed by atoms with Crippen LogP contribution in [-0.2, 0) is 18.3 Å². The Bertz CT molecular complexity index is 1200. The smallest absolute Gasteiger partial charge is 0.138 e. The van der Waals surface area contributed by atoms with Gasteiger partial charge in [0.2, 0.25) is 0 Å². The van der Waals surface area contributed by atoms with E-state index in [1.807, 2.05) is 12.1 Å². The summed E-state index contributed by atoms with van der Waals surface area (Å²) in [4.78, 5) is 0. The lowest BCUT2D eigenvalue weighted by atomic mass is 9.51. The predicted octanol–water partition coefficient (Wildman–Crippen LogP) is 9.87. The van der Waals surface area contributed by atoms with Crippen molar-refractivity contribution in [1.82, 2.24) is 0 Å². The number of aryl methyl sites for hydroxylation is 2. The molecule has 5 rings (SSSR count). The topological polar surface area (TPSA) is 56.8 Å². The van der Waals surface area contributed by atoms with E-state index in [0.717, 1.165) is 24.0 Å². The van der Waals surface area contributed by atoms with E-state index in [4.69, 9.17) is 27.9 Å². The molecule has 3 aliphatic rings. The van der Waals surface area contributed by atoms with E-state index in [2.05, 4.69) is 38.1 Å². The molecule has 3 fully saturated rings. The van der Waals surface area contributed by atoms with E-state index in [0.29, 0.717) is 51.8 Å². The van der Waals surface area contributed by atoms with Crippen molar-refractivity contribution in [3.05, 3.63) is 62.1 Å². The molecule has 2 bridgehead atoms. The van der Waals surface area contributed by atoms with E-state index in [9.17, 15) is 10.5 Å². The lowest BCUT2D eigenvalue weighted by molar-refractivity contribution is 0.0306. The van der Waals surface area contributed by atoms with Crippen molar-refractivity contribution in [2.24, 2.45) is 5.41 Å². The number of halogens is 2. The molecule has 3 aliphatic carbocycles. The molecule has 3 nitrogen and oxygen atoms in total. The molecule has 0 amide bonds. The molecule has 0 atom stereocenters. The van der Waals surface area contributed by atoms with Gasteiger partial charge in [0.15, 0.2) is 0 Å². The highest BCUT2D eigenvalue weighted by atomic mass is 35.5. The summed E-state index contributed by atoms with van der Waals surface area (Å²) in [6.45, 7) is 4.91. The van der Waals surface area contributed by atoms with Crippen LogP contribution in [0.5, 0.6) is 5.75 Å². The third-order valence-corrected chi connectivity index (χ3v) is 10.3. The molecule has 0 aromatic heterocycles. The molecule has 5 heteroatoms. The Kier molecular flexibility index (Phi) is 9.68. The number of hydrogen-bond donors (Lipinski definition) is 0. The van der Waals surface area contributed by atoms with Gasteiger partial charge in [-0.25, -0.2) is 0 Å². The van der Waals surface area contributed by atoms with Crippen LogP contribution < -0.4 is 4.74 Å². The number of nitrogens with zero attached hydrogens (tertiary/aromatic N) is 2. The molecular formula is C33H40Cl2N2O. The normalized spacial score (nSPS) is 22.2. The van der Waals surface area contributed by atoms with Gasteiger partial charge < -0.3 is 4.74 Å². The predicted molar refractivity (Wildman–Crippen MR) is 156 cm³/mol. The summed E-state index contributed by atoms with van der Waals surface area (Å²) < 4.78 is 5.78. The number of nitriles is 2. The first kappa shape index (κ1) is 28.8. The molecule has 202 valence electrons. The molecular weight excluding hydrogens is 511 g/mol. The van der Waals surface area contributed by atoms with Crippen molar-refractivity contribution >= 4 is 23.2 Å². The van der Waals surface area contributed by atoms with Crippen LogP contribution in [-0.4, -0.2) is 6.61 Å². The third-order valence-electron chi connectivity index (χ3n) is 9.34. The van der Waals surface area contributed by atoms with Crippen molar-refractivity contribution in [2.45, 2.75) is 109 Å². The molecule has 0 aliphatic heterocycles. The van der Waals surface area contributed by atoms with Crippen molar-refractivity contribution < 1.29 is 4.74 Å². The second-order valence-electron chi connectivity index (χ2n) is 11.5. The van der Waals surface area contributed by atoms with Gasteiger partial charge in [-0.3, -0.25) is 0 Å². The molecule has 3 saturated carbocycles. The van der Waals surface area contributed by atoms with Crippen LogP contribution in [0.2, 0.25) is 10.0 Å². The second kappa shape index (κ2) is 12.8. The fraction of sp³-hybridized carbons (Fsp3) is 0.576. The fourth-order valence-electron chi connectivity index (χ4n) is 6.77. The molecule has 0 saturated heterocycles. The average Bonchev–Trinajstić information content (AvgIpc) is 2.95. The first-order valence-corrected chi connectivity index (χ1v) is 15.2. The number of unbranched alkanes of at least 4 members (excludes halogenated alkanes) is 3. The number of benzene rings is 2. The minimum atomic E-state index is 0.162. The highest BCUT2D eigenvalue weighted by molar-refractivity contribution is 6.43. The quantitative estimate of drug-likeness (QED) is 0.247. The van der Waals surface area contributed by atoms with Crippen LogP contribution in [0.1, 0.15) is 119 Å². The Morgan fingerprint density at radius 3 is 2.03 bits per heavy atom. The molecule has 2 aromatic carbocycles. The van der Waals surface area contributed by atoms with Crippen LogP contribution >= 0.6 is 23.2 Å². The minimum absolute atomic E-state index is 0.162. The summed E-state index contributed by atoms with van der Waals surface area (Å²) in [5, 5.41) is 20.9. The van der Waals surface area contributed by atoms with Crippen molar-refractivity contribution in [2.75, 3.05) is 6.61 Å². The van der Waals surface area contributed by atoms with Gasteiger partial charge in [-0.1, -0.05) is 80.9 Å². The summed E-state index contributed by atoms with van der Waals surface area (Å²) in [6.07, 6.45) is 16.1. The van der Waals surface area contributed by atoms with Crippen LogP contribution in [0.4, 0.5) is 0 Å². The molecule has 38 heavy (non-hydrogen) atoms. The Balaban J connectivity index is 1.48. The molecule has 2 aromatic rings. The van der Waals surface area contributed by atoms with Gasteiger partial charge in [0.25, 0.3) is 0 Å². The molecule has 0 heterocycles. The van der Waals surface area contributed by atoms with E-state index in [1.54, 1.807) is 0 Å². The second-order valence-corrected chi connectivity index (χ2v) is 12.3. The molecule has 0 radical (unpaired) electrons. The summed E-state index contributed by atoms with van der Waals surface area (Å²) in [5.41, 5.74) is 4.49. The Hall–Kier alpha value is -2.20. The fourth-order valence-corrected chi connectivity index (χ4v) is 7.42. The van der Waals surface area contributed by atoms with Gasteiger partial charge in [-0.2, -0.15) is 10.5 Å². The average molecular weight is 552 g/mol. The van der Waals surface area contributed by atoms with E-state index < -0.39 is 0 Å². The third kappa shape index (κ3) is 5.86. The maximum absolute atomic E-state index is 9.84. The number of hydrogen-bond acceptors (Lipinski definition) is 3. The standard InChI is InChI=1S/C33H40Cl2N2O/c1-3-5-7-14-32-15-18-33(19-16-32,20-17-32)28-12-10-25(30(34)31(28)35)9-8-24-11-13-29(38-21-6-4-2)27(23-37)26(24)22-36/h10-13H,3-9,14-21H2,1-2H3. The monoisotopic (exact) mass is 550 g/mol. The summed E-state index contributed by atoms with van der Waals surface area (Å²) >= 11 is 13.9.